The van der Waals surface area contributed by atoms with Crippen molar-refractivity contribution in [3.05, 3.63) is 17.2 Å². The van der Waals surface area contributed by atoms with Gasteiger partial charge in [0.1, 0.15) is 4.90 Å². The number of hydrogen-bond acceptors (Lipinski definition) is 4. The maximum absolute atomic E-state index is 10.8. The van der Waals surface area contributed by atoms with E-state index >= 15 is 0 Å². The van der Waals surface area contributed by atoms with Gasteiger partial charge in [-0.2, -0.15) is 8.42 Å². The van der Waals surface area contributed by atoms with E-state index in [-0.39, 0.29) is 51.4 Å². The Morgan fingerprint density at radius 1 is 1.43 bits per heavy atom. The molecule has 0 unspecified atom stereocenters. The number of anilines is 1. The van der Waals surface area contributed by atoms with Crippen LogP contribution in [0.5, 0.6) is 5.75 Å². The second kappa shape index (κ2) is 5.13. The number of benzene rings is 1. The van der Waals surface area contributed by atoms with E-state index in [4.69, 9.17) is 21.9 Å². The summed E-state index contributed by atoms with van der Waals surface area (Å²) in [7, 11) is -4.42. The molecule has 0 saturated heterocycles. The van der Waals surface area contributed by atoms with E-state index in [0.717, 1.165) is 12.1 Å². The van der Waals surface area contributed by atoms with Gasteiger partial charge in [-0.05, 0) is 6.07 Å². The SMILES string of the molecule is Nc1c([O-])ccc(S(=O)(=O)O)c1Cl.[K+]. The Morgan fingerprint density at radius 2 is 1.93 bits per heavy atom. The molecule has 1 aromatic carbocycles. The van der Waals surface area contributed by atoms with Gasteiger partial charge >= 0.3 is 51.4 Å². The minimum atomic E-state index is -4.42. The molecule has 0 radical (unpaired) electrons. The monoisotopic (exact) mass is 261 g/mol. The fourth-order valence-corrected chi connectivity index (χ4v) is 1.78. The van der Waals surface area contributed by atoms with Crippen LogP contribution in [0.25, 0.3) is 0 Å². The van der Waals surface area contributed by atoms with Crippen molar-refractivity contribution in [3.63, 3.8) is 0 Å². The maximum Gasteiger partial charge on any atom is 1.00 e. The zero-order chi connectivity index (χ0) is 10.2. The Balaban J connectivity index is 0.00000169. The van der Waals surface area contributed by atoms with Crippen LogP contribution in [0.4, 0.5) is 5.69 Å². The van der Waals surface area contributed by atoms with Gasteiger partial charge in [-0.3, -0.25) is 4.55 Å². The standard InChI is InChI=1S/C6H6ClNO4S.K/c7-5-4(13(10,11)12)2-1-3(9)6(5)8;/h1-2,9H,8H2,(H,10,11,12);/q;+1/p-1. The molecule has 0 aliphatic heterocycles. The first-order valence-electron chi connectivity index (χ1n) is 3.06. The molecule has 5 nitrogen and oxygen atoms in total. The molecule has 0 aliphatic rings. The number of halogens is 1. The fourth-order valence-electron chi connectivity index (χ4n) is 0.754. The Labute approximate surface area is 128 Å². The predicted octanol–water partition coefficient (Wildman–Crippen LogP) is -2.75. The molecule has 1 aromatic rings. The number of nitrogens with two attached hydrogens (primary N) is 1. The van der Waals surface area contributed by atoms with E-state index in [9.17, 15) is 13.5 Å². The summed E-state index contributed by atoms with van der Waals surface area (Å²) in [6.07, 6.45) is 0. The van der Waals surface area contributed by atoms with Crippen LogP contribution in [0.3, 0.4) is 0 Å². The topological polar surface area (TPSA) is 103 Å². The molecule has 0 aliphatic carbocycles. The molecule has 0 fully saturated rings. The summed E-state index contributed by atoms with van der Waals surface area (Å²) in [6, 6.07) is 1.82. The second-order valence-electron chi connectivity index (χ2n) is 2.26. The summed E-state index contributed by atoms with van der Waals surface area (Å²) in [5.74, 6) is -0.586. The van der Waals surface area contributed by atoms with Crippen molar-refractivity contribution in [1.82, 2.24) is 0 Å². The fraction of sp³-hybridized carbons (Fsp3) is 0. The van der Waals surface area contributed by atoms with Crippen LogP contribution in [-0.2, 0) is 10.1 Å². The van der Waals surface area contributed by atoms with Crippen LogP contribution in [0.15, 0.2) is 17.0 Å². The van der Waals surface area contributed by atoms with Gasteiger partial charge in [-0.1, -0.05) is 23.4 Å². The number of nitrogen functional groups attached to an aromatic ring is 1. The molecule has 8 heteroatoms. The molecule has 0 amide bonds. The van der Waals surface area contributed by atoms with E-state index in [1.165, 1.54) is 0 Å². The summed E-state index contributed by atoms with van der Waals surface area (Å²) >= 11 is 5.42. The Kier molecular flexibility index (Phi) is 5.37. The zero-order valence-electron chi connectivity index (χ0n) is 7.19. The predicted molar refractivity (Wildman–Crippen MR) is 45.1 cm³/mol. The minimum absolute atomic E-state index is 0. The van der Waals surface area contributed by atoms with Crippen LogP contribution >= 0.6 is 11.6 Å². The van der Waals surface area contributed by atoms with Gasteiger partial charge in [0.05, 0.1) is 5.02 Å². The molecule has 0 aromatic heterocycles. The van der Waals surface area contributed by atoms with Crippen molar-refractivity contribution in [2.75, 3.05) is 5.73 Å². The van der Waals surface area contributed by atoms with E-state index < -0.39 is 31.5 Å². The van der Waals surface area contributed by atoms with E-state index in [1.54, 1.807) is 0 Å². The first-order chi connectivity index (χ1) is 5.84. The van der Waals surface area contributed by atoms with E-state index in [1.807, 2.05) is 0 Å². The van der Waals surface area contributed by atoms with Gasteiger partial charge in [0, 0.05) is 5.69 Å². The molecule has 0 bridgehead atoms. The Bertz CT molecular complexity index is 447. The van der Waals surface area contributed by atoms with Crippen LogP contribution < -0.4 is 62.2 Å². The molecule has 0 saturated carbocycles. The smallest absolute Gasteiger partial charge is 0.871 e. The molecular weight excluding hydrogens is 257 g/mol. The third-order valence-electron chi connectivity index (χ3n) is 1.38. The van der Waals surface area contributed by atoms with Gasteiger partial charge in [0.15, 0.2) is 0 Å². The van der Waals surface area contributed by atoms with Crippen molar-refractivity contribution in [1.29, 1.82) is 0 Å². The molecule has 0 atom stereocenters. The quantitative estimate of drug-likeness (QED) is 0.324. The maximum atomic E-state index is 10.8. The van der Waals surface area contributed by atoms with E-state index in [0.29, 0.717) is 0 Å². The van der Waals surface area contributed by atoms with Crippen molar-refractivity contribution >= 4 is 27.4 Å². The van der Waals surface area contributed by atoms with Gasteiger partial charge in [-0.25, -0.2) is 0 Å². The largest absolute Gasteiger partial charge is 1.00 e. The third kappa shape index (κ3) is 3.07. The molecule has 0 heterocycles. The van der Waals surface area contributed by atoms with Gasteiger partial charge < -0.3 is 10.8 Å². The average molecular weight is 262 g/mol. The van der Waals surface area contributed by atoms with Crippen LogP contribution in [0.1, 0.15) is 0 Å². The van der Waals surface area contributed by atoms with Crippen molar-refractivity contribution in [2.45, 2.75) is 4.90 Å². The van der Waals surface area contributed by atoms with Gasteiger partial charge in [0.2, 0.25) is 0 Å². The zero-order valence-corrected chi connectivity index (χ0v) is 11.9. The molecular formula is C6H5ClKNO4S. The summed E-state index contributed by atoms with van der Waals surface area (Å²) in [5.41, 5.74) is 4.77. The summed E-state index contributed by atoms with van der Waals surface area (Å²) < 4.78 is 29.9. The Hall–Kier alpha value is 0.656. The molecule has 0 spiro atoms. The van der Waals surface area contributed by atoms with E-state index in [2.05, 4.69) is 0 Å². The normalized spacial score (nSPS) is 10.7. The van der Waals surface area contributed by atoms with Gasteiger partial charge in [0.25, 0.3) is 10.1 Å². The molecule has 14 heavy (non-hydrogen) atoms. The summed E-state index contributed by atoms with van der Waals surface area (Å²) in [6.45, 7) is 0. The van der Waals surface area contributed by atoms with Gasteiger partial charge in [-0.15, -0.1) is 0 Å². The van der Waals surface area contributed by atoms with Crippen molar-refractivity contribution < 1.29 is 69.5 Å². The third-order valence-corrected chi connectivity index (χ3v) is 2.80. The Morgan fingerprint density at radius 3 is 2.36 bits per heavy atom. The van der Waals surface area contributed by atoms with Crippen LogP contribution in [-0.4, -0.2) is 13.0 Å². The van der Waals surface area contributed by atoms with Crippen molar-refractivity contribution in [3.8, 4) is 5.75 Å². The summed E-state index contributed by atoms with van der Waals surface area (Å²) in [4.78, 5) is -0.564. The van der Waals surface area contributed by atoms with Crippen LogP contribution in [0, 0.1) is 0 Å². The average Bonchev–Trinajstić information content (AvgIpc) is 1.98. The number of hydrogen-bond donors (Lipinski definition) is 2. The molecule has 1 rings (SSSR count). The first kappa shape index (κ1) is 14.7. The van der Waals surface area contributed by atoms with Crippen LogP contribution in [0.2, 0.25) is 5.02 Å². The first-order valence-corrected chi connectivity index (χ1v) is 4.88. The summed E-state index contributed by atoms with van der Waals surface area (Å²) in [5, 5.41) is 10.4. The second-order valence-corrected chi connectivity index (χ2v) is 4.03. The number of rotatable bonds is 1. The molecule has 72 valence electrons. The minimum Gasteiger partial charge on any atom is -0.871 e. The van der Waals surface area contributed by atoms with Crippen molar-refractivity contribution in [2.24, 2.45) is 0 Å². The molecule has 3 N–H and O–H groups in total.